The first-order valence-corrected chi connectivity index (χ1v) is 13.8. The van der Waals surface area contributed by atoms with Crippen molar-refractivity contribution in [1.82, 2.24) is 10.2 Å². The standard InChI is InChI=1S/C28H39N3O6S/c1-18-8-7-9-19(2)23(18)30-25(34)24(20-10-12-21(33)13-11-20)31(15-16-32)26(35)22(14-17-38-6)29-27(36)37-28(3,4)5/h7-13,22,24,32-33H,14-17H2,1-6H3,(H,29,36)(H,30,34). The van der Waals surface area contributed by atoms with Crippen molar-refractivity contribution in [3.63, 3.8) is 0 Å². The van der Waals surface area contributed by atoms with E-state index in [1.54, 1.807) is 32.9 Å². The summed E-state index contributed by atoms with van der Waals surface area (Å²) in [6.45, 7) is 8.36. The summed E-state index contributed by atoms with van der Waals surface area (Å²) in [7, 11) is 0. The lowest BCUT2D eigenvalue weighted by Gasteiger charge is -2.34. The number of hydrogen-bond donors (Lipinski definition) is 4. The van der Waals surface area contributed by atoms with Gasteiger partial charge in [-0.25, -0.2) is 4.79 Å². The van der Waals surface area contributed by atoms with E-state index in [0.29, 0.717) is 23.4 Å². The van der Waals surface area contributed by atoms with Crippen molar-refractivity contribution in [3.05, 3.63) is 59.2 Å². The van der Waals surface area contributed by atoms with Crippen molar-refractivity contribution in [3.8, 4) is 5.75 Å². The van der Waals surface area contributed by atoms with E-state index in [4.69, 9.17) is 4.74 Å². The molecule has 38 heavy (non-hydrogen) atoms. The predicted molar refractivity (Wildman–Crippen MR) is 150 cm³/mol. The van der Waals surface area contributed by atoms with E-state index >= 15 is 0 Å². The second-order valence-electron chi connectivity index (χ2n) is 9.99. The molecule has 0 aliphatic heterocycles. The van der Waals surface area contributed by atoms with Crippen molar-refractivity contribution >= 4 is 35.4 Å². The van der Waals surface area contributed by atoms with E-state index in [1.807, 2.05) is 38.3 Å². The SMILES string of the molecule is CSCCC(NC(=O)OC(C)(C)C)C(=O)N(CCO)C(C(=O)Nc1c(C)cccc1C)c1ccc(O)cc1. The number of alkyl carbamates (subject to hydrolysis) is 1. The van der Waals surface area contributed by atoms with Crippen LogP contribution in [0.25, 0.3) is 0 Å². The molecule has 10 heteroatoms. The lowest BCUT2D eigenvalue weighted by molar-refractivity contribution is -0.141. The lowest BCUT2D eigenvalue weighted by atomic mass is 10.0. The van der Waals surface area contributed by atoms with Gasteiger partial charge in [-0.05, 0) is 81.9 Å². The number of para-hydroxylation sites is 1. The van der Waals surface area contributed by atoms with Crippen LogP contribution in [0.15, 0.2) is 42.5 Å². The molecule has 2 aromatic rings. The first-order chi connectivity index (χ1) is 17.9. The van der Waals surface area contributed by atoms with Gasteiger partial charge in [-0.2, -0.15) is 11.8 Å². The number of benzene rings is 2. The highest BCUT2D eigenvalue weighted by molar-refractivity contribution is 7.98. The van der Waals surface area contributed by atoms with Gasteiger partial charge in [0.2, 0.25) is 5.91 Å². The molecule has 2 rings (SSSR count). The fraction of sp³-hybridized carbons (Fsp3) is 0.464. The maximum Gasteiger partial charge on any atom is 0.408 e. The first kappa shape index (κ1) is 31.0. The summed E-state index contributed by atoms with van der Waals surface area (Å²) in [5, 5.41) is 25.3. The van der Waals surface area contributed by atoms with E-state index in [0.717, 1.165) is 11.1 Å². The molecular weight excluding hydrogens is 506 g/mol. The van der Waals surface area contributed by atoms with Crippen LogP contribution in [-0.4, -0.2) is 69.8 Å². The molecule has 4 N–H and O–H groups in total. The molecule has 0 radical (unpaired) electrons. The number of phenols is 1. The largest absolute Gasteiger partial charge is 0.508 e. The second kappa shape index (κ2) is 14.1. The second-order valence-corrected chi connectivity index (χ2v) is 11.0. The Hall–Kier alpha value is -3.24. The minimum Gasteiger partial charge on any atom is -0.508 e. The van der Waals surface area contributed by atoms with Gasteiger partial charge in [0.25, 0.3) is 5.91 Å². The highest BCUT2D eigenvalue weighted by Crippen LogP contribution is 2.28. The summed E-state index contributed by atoms with van der Waals surface area (Å²) in [4.78, 5) is 41.6. The molecule has 0 aliphatic carbocycles. The van der Waals surface area contributed by atoms with Crippen molar-refractivity contribution in [2.45, 2.75) is 58.7 Å². The van der Waals surface area contributed by atoms with Crippen molar-refractivity contribution in [2.75, 3.05) is 30.5 Å². The number of hydrogen-bond acceptors (Lipinski definition) is 7. The number of aryl methyl sites for hydroxylation is 2. The molecule has 2 atom stereocenters. The smallest absolute Gasteiger partial charge is 0.408 e. The van der Waals surface area contributed by atoms with Crippen LogP contribution in [0.4, 0.5) is 10.5 Å². The number of nitrogens with one attached hydrogen (secondary N) is 2. The third-order valence-electron chi connectivity index (χ3n) is 5.72. The number of ether oxygens (including phenoxy) is 1. The Bertz CT molecular complexity index is 1080. The van der Waals surface area contributed by atoms with Gasteiger partial charge in [0.1, 0.15) is 23.4 Å². The Kier molecular flexibility index (Phi) is 11.5. The van der Waals surface area contributed by atoms with E-state index in [9.17, 15) is 24.6 Å². The first-order valence-electron chi connectivity index (χ1n) is 12.4. The molecule has 0 heterocycles. The normalized spacial score (nSPS) is 12.8. The number of thioether (sulfide) groups is 1. The average Bonchev–Trinajstić information content (AvgIpc) is 2.83. The molecule has 2 aromatic carbocycles. The van der Waals surface area contributed by atoms with Crippen molar-refractivity contribution in [1.29, 1.82) is 0 Å². The van der Waals surface area contributed by atoms with Crippen LogP contribution in [0.3, 0.4) is 0 Å². The summed E-state index contributed by atoms with van der Waals surface area (Å²) in [6, 6.07) is 9.47. The fourth-order valence-corrected chi connectivity index (χ4v) is 4.42. The van der Waals surface area contributed by atoms with Gasteiger partial charge >= 0.3 is 6.09 Å². The Balaban J connectivity index is 2.51. The van der Waals surface area contributed by atoms with Crippen LogP contribution in [-0.2, 0) is 14.3 Å². The lowest BCUT2D eigenvalue weighted by Crippen LogP contribution is -2.53. The quantitative estimate of drug-likeness (QED) is 0.334. The number of rotatable bonds is 11. The van der Waals surface area contributed by atoms with Crippen molar-refractivity contribution < 1.29 is 29.3 Å². The highest BCUT2D eigenvalue weighted by Gasteiger charge is 2.36. The Morgan fingerprint density at radius 1 is 1.05 bits per heavy atom. The van der Waals surface area contributed by atoms with Gasteiger partial charge in [-0.3, -0.25) is 9.59 Å². The van der Waals surface area contributed by atoms with E-state index in [-0.39, 0.29) is 12.3 Å². The predicted octanol–water partition coefficient (Wildman–Crippen LogP) is 4.16. The summed E-state index contributed by atoms with van der Waals surface area (Å²) >= 11 is 1.51. The van der Waals surface area contributed by atoms with Gasteiger partial charge in [-0.15, -0.1) is 0 Å². The van der Waals surface area contributed by atoms with Crippen LogP contribution in [0.1, 0.15) is 49.9 Å². The summed E-state index contributed by atoms with van der Waals surface area (Å²) in [5.74, 6) is -0.450. The van der Waals surface area contributed by atoms with Gasteiger partial charge in [0.15, 0.2) is 0 Å². The number of anilines is 1. The Labute approximate surface area is 228 Å². The number of carbonyl (C=O) groups is 3. The van der Waals surface area contributed by atoms with Crippen LogP contribution >= 0.6 is 11.8 Å². The van der Waals surface area contributed by atoms with Gasteiger partial charge in [-0.1, -0.05) is 30.3 Å². The molecule has 0 bridgehead atoms. The van der Waals surface area contributed by atoms with E-state index in [1.165, 1.54) is 28.8 Å². The Morgan fingerprint density at radius 3 is 2.18 bits per heavy atom. The number of carbonyl (C=O) groups excluding carboxylic acids is 3. The van der Waals surface area contributed by atoms with Crippen LogP contribution in [0.5, 0.6) is 5.75 Å². The van der Waals surface area contributed by atoms with Crippen molar-refractivity contribution in [2.24, 2.45) is 0 Å². The zero-order chi connectivity index (χ0) is 28.5. The minimum absolute atomic E-state index is 0.00660. The van der Waals surface area contributed by atoms with Gasteiger partial charge in [0, 0.05) is 12.2 Å². The molecule has 3 amide bonds. The van der Waals surface area contributed by atoms with Crippen LogP contribution in [0, 0.1) is 13.8 Å². The summed E-state index contributed by atoms with van der Waals surface area (Å²) < 4.78 is 5.37. The average molecular weight is 546 g/mol. The Morgan fingerprint density at radius 2 is 1.66 bits per heavy atom. The number of aliphatic hydroxyl groups is 1. The zero-order valence-electron chi connectivity index (χ0n) is 22.9. The highest BCUT2D eigenvalue weighted by atomic mass is 32.2. The van der Waals surface area contributed by atoms with E-state index < -0.39 is 42.2 Å². The van der Waals surface area contributed by atoms with Crippen LogP contribution in [0.2, 0.25) is 0 Å². The number of phenolic OH excluding ortho intramolecular Hbond substituents is 1. The topological polar surface area (TPSA) is 128 Å². The summed E-state index contributed by atoms with van der Waals surface area (Å²) in [5.41, 5.74) is 2.01. The molecule has 0 saturated heterocycles. The monoisotopic (exact) mass is 545 g/mol. The third kappa shape index (κ3) is 8.95. The zero-order valence-corrected chi connectivity index (χ0v) is 23.7. The minimum atomic E-state index is -1.15. The maximum atomic E-state index is 13.9. The number of aromatic hydroxyl groups is 1. The van der Waals surface area contributed by atoms with Gasteiger partial charge < -0.3 is 30.5 Å². The molecule has 0 fully saturated rings. The van der Waals surface area contributed by atoms with Gasteiger partial charge in [0.05, 0.1) is 6.61 Å². The summed E-state index contributed by atoms with van der Waals surface area (Å²) in [6.07, 6.45) is 1.43. The van der Waals surface area contributed by atoms with Crippen LogP contribution < -0.4 is 10.6 Å². The third-order valence-corrected chi connectivity index (χ3v) is 6.37. The molecule has 208 valence electrons. The molecule has 2 unspecified atom stereocenters. The number of amides is 3. The molecule has 0 saturated carbocycles. The molecule has 9 nitrogen and oxygen atoms in total. The number of aliphatic hydroxyl groups excluding tert-OH is 1. The van der Waals surface area contributed by atoms with E-state index in [2.05, 4.69) is 10.6 Å². The molecular formula is C28H39N3O6S. The maximum absolute atomic E-state index is 13.9. The number of nitrogens with zero attached hydrogens (tertiary/aromatic N) is 1. The fourth-order valence-electron chi connectivity index (χ4n) is 3.95. The molecule has 0 spiro atoms. The molecule has 0 aliphatic rings. The molecule has 0 aromatic heterocycles.